The number of rotatable bonds is 8. The number of nitrogens with one attached hydrogen (secondary N) is 2. The molecule has 12 heteroatoms. The first-order valence-corrected chi connectivity index (χ1v) is 13.3. The van der Waals surface area contributed by atoms with Crippen LogP contribution in [0.3, 0.4) is 0 Å². The number of aromatic nitrogens is 4. The Kier molecular flexibility index (Phi) is 6.59. The van der Waals surface area contributed by atoms with Crippen molar-refractivity contribution in [3.05, 3.63) is 60.7 Å². The zero-order valence-corrected chi connectivity index (χ0v) is 22.9. The van der Waals surface area contributed by atoms with Gasteiger partial charge in [-0.25, -0.2) is 19.3 Å². The summed E-state index contributed by atoms with van der Waals surface area (Å²) in [6, 6.07) is 11.3. The summed E-state index contributed by atoms with van der Waals surface area (Å²) in [5, 5.41) is 29.9. The number of fused-ring (bicyclic) bond motifs is 2. The molecule has 4 aromatic rings. The van der Waals surface area contributed by atoms with E-state index in [9.17, 15) is 15.2 Å². The predicted octanol–water partition coefficient (Wildman–Crippen LogP) is 3.08. The number of hydrogen-bond donors (Lipinski definition) is 3. The molecule has 0 bridgehead atoms. The van der Waals surface area contributed by atoms with Crippen molar-refractivity contribution in [1.82, 2.24) is 24.9 Å². The van der Waals surface area contributed by atoms with E-state index < -0.39 is 5.60 Å². The Morgan fingerprint density at radius 2 is 1.98 bits per heavy atom. The van der Waals surface area contributed by atoms with Crippen LogP contribution in [0.2, 0.25) is 0 Å². The molecule has 210 valence electrons. The smallest absolute Gasteiger partial charge is 0.319 e. The summed E-state index contributed by atoms with van der Waals surface area (Å²) < 4.78 is 12.5. The number of hydrogen-bond acceptors (Lipinski definition) is 9. The molecule has 2 aliphatic rings. The van der Waals surface area contributed by atoms with Gasteiger partial charge in [0.05, 0.1) is 48.1 Å². The number of aliphatic hydroxyl groups is 1. The van der Waals surface area contributed by atoms with Crippen molar-refractivity contribution in [3.63, 3.8) is 0 Å². The van der Waals surface area contributed by atoms with Crippen molar-refractivity contribution in [3.8, 4) is 28.8 Å². The molecule has 0 aromatic carbocycles. The van der Waals surface area contributed by atoms with Gasteiger partial charge < -0.3 is 30.1 Å². The number of nitrogens with zero attached hydrogens (tertiary/aromatic N) is 6. The molecule has 1 saturated heterocycles. The maximum Gasteiger partial charge on any atom is 0.319 e. The van der Waals surface area contributed by atoms with Crippen LogP contribution in [0.4, 0.5) is 16.3 Å². The van der Waals surface area contributed by atoms with Crippen LogP contribution in [-0.4, -0.2) is 69.2 Å². The minimum absolute atomic E-state index is 0.106. The molecule has 1 saturated carbocycles. The summed E-state index contributed by atoms with van der Waals surface area (Å²) in [5.74, 6) is 2.60. The molecular formula is C29H30N8O4. The average Bonchev–Trinajstić information content (AvgIpc) is 3.29. The minimum Gasteiger partial charge on any atom is -0.489 e. The first-order chi connectivity index (χ1) is 19.7. The summed E-state index contributed by atoms with van der Waals surface area (Å²) in [5.41, 5.74) is 2.30. The van der Waals surface area contributed by atoms with E-state index in [1.165, 1.54) is 6.20 Å². The van der Waals surface area contributed by atoms with E-state index in [0.29, 0.717) is 40.2 Å². The van der Waals surface area contributed by atoms with Gasteiger partial charge in [-0.2, -0.15) is 10.4 Å². The number of carbonyl (C=O) groups is 1. The maximum atomic E-state index is 12.5. The highest BCUT2D eigenvalue weighted by Crippen LogP contribution is 2.46. The summed E-state index contributed by atoms with van der Waals surface area (Å²) in [6.45, 7) is 5.06. The fourth-order valence-electron chi connectivity index (χ4n) is 5.29. The van der Waals surface area contributed by atoms with Crippen LogP contribution in [0.5, 0.6) is 11.6 Å². The fraction of sp³-hybridized carbons (Fsp3) is 0.345. The Hall–Kier alpha value is -4.89. The largest absolute Gasteiger partial charge is 0.489 e. The molecule has 12 nitrogen and oxygen atoms in total. The van der Waals surface area contributed by atoms with E-state index in [1.807, 2.05) is 18.2 Å². The van der Waals surface area contributed by atoms with Crippen molar-refractivity contribution in [2.45, 2.75) is 25.5 Å². The molecule has 3 atom stereocenters. The van der Waals surface area contributed by atoms with Crippen molar-refractivity contribution >= 4 is 23.1 Å². The van der Waals surface area contributed by atoms with Crippen LogP contribution in [0.1, 0.15) is 19.4 Å². The fourth-order valence-corrected chi connectivity index (χ4v) is 5.29. The van der Waals surface area contributed by atoms with Gasteiger partial charge in [0.1, 0.15) is 24.2 Å². The highest BCUT2D eigenvalue weighted by atomic mass is 16.5. The summed E-state index contributed by atoms with van der Waals surface area (Å²) in [6.07, 6.45) is 6.56. The maximum absolute atomic E-state index is 12.5. The number of urea groups is 1. The quantitative estimate of drug-likeness (QED) is 0.299. The van der Waals surface area contributed by atoms with Gasteiger partial charge >= 0.3 is 6.03 Å². The van der Waals surface area contributed by atoms with Crippen LogP contribution in [0.15, 0.2) is 55.1 Å². The first kappa shape index (κ1) is 26.3. The third-order valence-corrected chi connectivity index (χ3v) is 7.38. The zero-order valence-electron chi connectivity index (χ0n) is 22.9. The van der Waals surface area contributed by atoms with Crippen LogP contribution >= 0.6 is 0 Å². The number of ether oxygens (including phenoxy) is 2. The Morgan fingerprint density at radius 3 is 2.61 bits per heavy atom. The normalized spacial score (nSPS) is 19.4. The molecule has 0 radical (unpaired) electrons. The zero-order chi connectivity index (χ0) is 28.7. The lowest BCUT2D eigenvalue weighted by Gasteiger charge is -2.21. The number of piperidine rings is 1. The highest BCUT2D eigenvalue weighted by Gasteiger charge is 2.56. The first-order valence-electron chi connectivity index (χ1n) is 13.3. The Balaban J connectivity index is 1.11. The average molecular weight is 555 g/mol. The molecule has 1 aliphatic heterocycles. The van der Waals surface area contributed by atoms with Crippen LogP contribution in [-0.2, 0) is 0 Å². The SMILES string of the molecule is COc1ccc(NC(=O)N[C@H]2[C@@H]3CN(c4ccc(-c5cc(OCC(C)(C)O)cn6ncc(C#N)c56)cn4)C[C@@H]32)cn1. The van der Waals surface area contributed by atoms with Gasteiger partial charge in [0.25, 0.3) is 0 Å². The molecule has 3 N–H and O–H groups in total. The second kappa shape index (κ2) is 10.3. The number of anilines is 2. The van der Waals surface area contributed by atoms with Gasteiger partial charge in [0.15, 0.2) is 0 Å². The molecule has 0 spiro atoms. The number of nitriles is 1. The Morgan fingerprint density at radius 1 is 1.17 bits per heavy atom. The number of carbonyl (C=O) groups excluding carboxylic acids is 1. The van der Waals surface area contributed by atoms with Crippen molar-refractivity contribution in [2.24, 2.45) is 11.8 Å². The van der Waals surface area contributed by atoms with Crippen LogP contribution < -0.4 is 25.0 Å². The molecule has 0 unspecified atom stereocenters. The summed E-state index contributed by atoms with van der Waals surface area (Å²) in [4.78, 5) is 23.5. The molecule has 1 aliphatic carbocycles. The third-order valence-electron chi connectivity index (χ3n) is 7.38. The summed E-state index contributed by atoms with van der Waals surface area (Å²) in [7, 11) is 1.54. The molecule has 4 aromatic heterocycles. The topological polar surface area (TPSA) is 150 Å². The molecule has 6 rings (SSSR count). The van der Waals surface area contributed by atoms with Gasteiger partial charge in [0, 0.05) is 54.4 Å². The molecule has 41 heavy (non-hydrogen) atoms. The second-order valence-corrected chi connectivity index (χ2v) is 11.0. The van der Waals surface area contributed by atoms with E-state index in [-0.39, 0.29) is 18.7 Å². The van der Waals surface area contributed by atoms with Gasteiger partial charge in [0.2, 0.25) is 5.88 Å². The van der Waals surface area contributed by atoms with Gasteiger partial charge in [-0.05, 0) is 38.1 Å². The van der Waals surface area contributed by atoms with E-state index in [4.69, 9.17) is 14.5 Å². The molecular weight excluding hydrogens is 524 g/mol. The highest BCUT2D eigenvalue weighted by molar-refractivity contribution is 5.89. The van der Waals surface area contributed by atoms with E-state index in [2.05, 4.69) is 31.7 Å². The second-order valence-electron chi connectivity index (χ2n) is 11.0. The number of methoxy groups -OCH3 is 1. The lowest BCUT2D eigenvalue weighted by Crippen LogP contribution is -2.37. The number of amides is 2. The van der Waals surface area contributed by atoms with E-state index in [0.717, 1.165) is 30.0 Å². The number of pyridine rings is 3. The van der Waals surface area contributed by atoms with Crippen LogP contribution in [0.25, 0.3) is 16.6 Å². The van der Waals surface area contributed by atoms with Gasteiger partial charge in [-0.1, -0.05) is 0 Å². The van der Waals surface area contributed by atoms with Crippen LogP contribution in [0, 0.1) is 23.2 Å². The third kappa shape index (κ3) is 5.44. The molecule has 2 amide bonds. The molecule has 2 fully saturated rings. The minimum atomic E-state index is -0.997. The van der Waals surface area contributed by atoms with Gasteiger partial charge in [-0.3, -0.25) is 0 Å². The monoisotopic (exact) mass is 554 g/mol. The Labute approximate surface area is 236 Å². The lowest BCUT2D eigenvalue weighted by atomic mass is 10.1. The lowest BCUT2D eigenvalue weighted by molar-refractivity contribution is 0.0283. The van der Waals surface area contributed by atoms with Crippen molar-refractivity contribution in [1.29, 1.82) is 5.26 Å². The van der Waals surface area contributed by atoms with Crippen molar-refractivity contribution < 1.29 is 19.4 Å². The van der Waals surface area contributed by atoms with Crippen molar-refractivity contribution in [2.75, 3.05) is 37.0 Å². The summed E-state index contributed by atoms with van der Waals surface area (Å²) >= 11 is 0. The van der Waals surface area contributed by atoms with Gasteiger partial charge in [-0.15, -0.1) is 0 Å². The standard InChI is InChI=1S/C29H30N8O4/c1-29(2,39)16-41-20-8-21(27-18(9-30)11-33-37(27)13-20)17-4-6-24(31-10-17)36-14-22-23(15-36)26(22)35-28(38)34-19-5-7-25(40-3)32-12-19/h4-8,10-13,22-23,26,39H,14-16H2,1-3H3,(H2,34,35,38)/t22-,23+,26+. The Bertz CT molecular complexity index is 1610. The van der Waals surface area contributed by atoms with E-state index in [1.54, 1.807) is 56.2 Å². The van der Waals surface area contributed by atoms with E-state index >= 15 is 0 Å². The predicted molar refractivity (Wildman–Crippen MR) is 151 cm³/mol. The molecule has 5 heterocycles.